The van der Waals surface area contributed by atoms with E-state index >= 15 is 0 Å². The zero-order chi connectivity index (χ0) is 14.4. The van der Waals surface area contributed by atoms with Crippen LogP contribution in [0.5, 0.6) is 0 Å². The van der Waals surface area contributed by atoms with Crippen LogP contribution in [-0.2, 0) is 11.2 Å². The fraction of sp³-hybridized carbons (Fsp3) is 0.647. The van der Waals surface area contributed by atoms with E-state index in [0.29, 0.717) is 6.54 Å². The van der Waals surface area contributed by atoms with Crippen molar-refractivity contribution in [2.75, 3.05) is 33.4 Å². The monoisotopic (exact) mass is 276 g/mol. The zero-order valence-corrected chi connectivity index (χ0v) is 12.8. The van der Waals surface area contributed by atoms with E-state index in [4.69, 9.17) is 10.5 Å². The van der Waals surface area contributed by atoms with Gasteiger partial charge in [-0.05, 0) is 43.4 Å². The van der Waals surface area contributed by atoms with Gasteiger partial charge in [-0.3, -0.25) is 4.90 Å². The second kappa shape index (κ2) is 7.77. The Morgan fingerprint density at radius 3 is 2.55 bits per heavy atom. The third-order valence-corrected chi connectivity index (χ3v) is 4.17. The summed E-state index contributed by atoms with van der Waals surface area (Å²) in [4.78, 5) is 2.30. The fourth-order valence-electron chi connectivity index (χ4n) is 2.44. The smallest absolute Gasteiger partial charge is 0.0593 e. The van der Waals surface area contributed by atoms with Gasteiger partial charge in [0, 0.05) is 25.7 Å². The molecule has 2 rings (SSSR count). The highest BCUT2D eigenvalue weighted by atomic mass is 16.5. The lowest BCUT2D eigenvalue weighted by Gasteiger charge is -2.27. The highest BCUT2D eigenvalue weighted by Gasteiger charge is 2.21. The number of likely N-dealkylation sites (N-methyl/N-ethyl adjacent to an activating group) is 1. The van der Waals surface area contributed by atoms with Crippen molar-refractivity contribution >= 4 is 0 Å². The van der Waals surface area contributed by atoms with Gasteiger partial charge in [0.25, 0.3) is 0 Å². The van der Waals surface area contributed by atoms with Gasteiger partial charge >= 0.3 is 0 Å². The number of ether oxygens (including phenoxy) is 1. The second-order valence-electron chi connectivity index (χ2n) is 5.85. The summed E-state index contributed by atoms with van der Waals surface area (Å²) in [7, 11) is 2.13. The summed E-state index contributed by atoms with van der Waals surface area (Å²) in [5.41, 5.74) is 8.63. The molecule has 0 amide bonds. The molecule has 2 N–H and O–H groups in total. The van der Waals surface area contributed by atoms with Gasteiger partial charge in [-0.15, -0.1) is 0 Å². The van der Waals surface area contributed by atoms with Gasteiger partial charge in [-0.1, -0.05) is 31.2 Å². The summed E-state index contributed by atoms with van der Waals surface area (Å²) in [6, 6.07) is 9.10. The first-order chi connectivity index (χ1) is 9.74. The molecule has 1 aliphatic carbocycles. The molecule has 1 aromatic carbocycles. The largest absolute Gasteiger partial charge is 0.380 e. The van der Waals surface area contributed by atoms with Crippen molar-refractivity contribution in [3.05, 3.63) is 35.4 Å². The molecule has 1 aliphatic rings. The van der Waals surface area contributed by atoms with Gasteiger partial charge in [0.05, 0.1) is 6.61 Å². The maximum absolute atomic E-state index is 5.96. The van der Waals surface area contributed by atoms with Crippen molar-refractivity contribution in [2.45, 2.75) is 32.2 Å². The van der Waals surface area contributed by atoms with Crippen LogP contribution in [0.1, 0.15) is 36.9 Å². The normalized spacial score (nSPS) is 16.6. The molecule has 1 atom stereocenters. The van der Waals surface area contributed by atoms with Crippen LogP contribution >= 0.6 is 0 Å². The number of hydrogen-bond acceptors (Lipinski definition) is 3. The Bertz CT molecular complexity index is 386. The highest BCUT2D eigenvalue weighted by molar-refractivity contribution is 5.25. The van der Waals surface area contributed by atoms with Crippen LogP contribution in [0.4, 0.5) is 0 Å². The number of nitrogens with zero attached hydrogens (tertiary/aromatic N) is 1. The number of rotatable bonds is 9. The average molecular weight is 276 g/mol. The minimum absolute atomic E-state index is 0.283. The van der Waals surface area contributed by atoms with Gasteiger partial charge in [0.2, 0.25) is 0 Å². The van der Waals surface area contributed by atoms with Gasteiger partial charge in [-0.2, -0.15) is 0 Å². The van der Waals surface area contributed by atoms with E-state index in [0.717, 1.165) is 32.1 Å². The standard InChI is InChI=1S/C17H28N2O/c1-3-14-6-8-16(9-7-14)17(12-18)19(2)10-11-20-13-15-4-5-15/h6-9,15,17H,3-5,10-13,18H2,1-2H3. The first-order valence-electron chi connectivity index (χ1n) is 7.81. The summed E-state index contributed by atoms with van der Waals surface area (Å²) < 4.78 is 5.71. The first-order valence-corrected chi connectivity index (χ1v) is 7.81. The molecule has 3 heteroatoms. The van der Waals surface area contributed by atoms with Gasteiger partial charge in [-0.25, -0.2) is 0 Å². The molecule has 0 aliphatic heterocycles. The zero-order valence-electron chi connectivity index (χ0n) is 12.8. The van der Waals surface area contributed by atoms with Crippen LogP contribution in [0.2, 0.25) is 0 Å². The molecule has 0 aromatic heterocycles. The molecule has 0 bridgehead atoms. The van der Waals surface area contributed by atoms with E-state index in [1.165, 1.54) is 24.0 Å². The SMILES string of the molecule is CCc1ccc(C(CN)N(C)CCOCC2CC2)cc1. The van der Waals surface area contributed by atoms with Gasteiger partial charge < -0.3 is 10.5 Å². The van der Waals surface area contributed by atoms with Crippen LogP contribution in [0.3, 0.4) is 0 Å². The minimum Gasteiger partial charge on any atom is -0.380 e. The van der Waals surface area contributed by atoms with Crippen LogP contribution in [0.25, 0.3) is 0 Å². The molecule has 0 spiro atoms. The lowest BCUT2D eigenvalue weighted by atomic mass is 10.0. The van der Waals surface area contributed by atoms with E-state index in [-0.39, 0.29) is 6.04 Å². The molecule has 20 heavy (non-hydrogen) atoms. The molecular formula is C17H28N2O. The Morgan fingerprint density at radius 2 is 2.00 bits per heavy atom. The van der Waals surface area contributed by atoms with E-state index in [2.05, 4.69) is 43.1 Å². The van der Waals surface area contributed by atoms with Crippen LogP contribution in [-0.4, -0.2) is 38.3 Å². The molecule has 0 radical (unpaired) electrons. The summed E-state index contributed by atoms with van der Waals surface area (Å²) in [5, 5.41) is 0. The highest BCUT2D eigenvalue weighted by Crippen LogP contribution is 2.28. The van der Waals surface area contributed by atoms with Crippen LogP contribution in [0.15, 0.2) is 24.3 Å². The Morgan fingerprint density at radius 1 is 1.30 bits per heavy atom. The predicted octanol–water partition coefficient (Wildman–Crippen LogP) is 2.61. The molecular weight excluding hydrogens is 248 g/mol. The van der Waals surface area contributed by atoms with Crippen LogP contribution < -0.4 is 5.73 Å². The lowest BCUT2D eigenvalue weighted by molar-refractivity contribution is 0.0922. The van der Waals surface area contributed by atoms with E-state index in [1.807, 2.05) is 0 Å². The van der Waals surface area contributed by atoms with Gasteiger partial charge in [0.15, 0.2) is 0 Å². The molecule has 1 fully saturated rings. The number of aryl methyl sites for hydroxylation is 1. The molecule has 3 nitrogen and oxygen atoms in total. The topological polar surface area (TPSA) is 38.5 Å². The molecule has 112 valence electrons. The van der Waals surface area contributed by atoms with E-state index < -0.39 is 0 Å². The molecule has 1 unspecified atom stereocenters. The number of nitrogens with two attached hydrogens (primary N) is 1. The molecule has 0 saturated heterocycles. The predicted molar refractivity (Wildman–Crippen MR) is 83.8 cm³/mol. The van der Waals surface area contributed by atoms with E-state index in [9.17, 15) is 0 Å². The van der Waals surface area contributed by atoms with E-state index in [1.54, 1.807) is 0 Å². The summed E-state index contributed by atoms with van der Waals surface area (Å²) in [6.45, 7) is 5.50. The summed E-state index contributed by atoms with van der Waals surface area (Å²) in [5.74, 6) is 0.840. The summed E-state index contributed by atoms with van der Waals surface area (Å²) in [6.07, 6.45) is 3.79. The van der Waals surface area contributed by atoms with Crippen molar-refractivity contribution in [3.63, 3.8) is 0 Å². The average Bonchev–Trinajstić information content (AvgIpc) is 3.29. The van der Waals surface area contributed by atoms with Crippen molar-refractivity contribution in [3.8, 4) is 0 Å². The Labute approximate surface area is 123 Å². The maximum atomic E-state index is 5.96. The van der Waals surface area contributed by atoms with Crippen molar-refractivity contribution in [1.82, 2.24) is 4.90 Å². The minimum atomic E-state index is 0.283. The summed E-state index contributed by atoms with van der Waals surface area (Å²) >= 11 is 0. The third-order valence-electron chi connectivity index (χ3n) is 4.17. The fourth-order valence-corrected chi connectivity index (χ4v) is 2.44. The molecule has 0 heterocycles. The maximum Gasteiger partial charge on any atom is 0.0593 e. The van der Waals surface area contributed by atoms with Crippen molar-refractivity contribution in [1.29, 1.82) is 0 Å². The Hall–Kier alpha value is -0.900. The third kappa shape index (κ3) is 4.58. The van der Waals surface area contributed by atoms with Crippen molar-refractivity contribution < 1.29 is 4.74 Å². The molecule has 1 aromatic rings. The van der Waals surface area contributed by atoms with Crippen LogP contribution in [0, 0.1) is 5.92 Å². The number of hydrogen-bond donors (Lipinski definition) is 1. The Kier molecular flexibility index (Phi) is 6.02. The quantitative estimate of drug-likeness (QED) is 0.705. The molecule has 1 saturated carbocycles. The van der Waals surface area contributed by atoms with Gasteiger partial charge in [0.1, 0.15) is 0 Å². The Balaban J connectivity index is 1.81. The first kappa shape index (κ1) is 15.5. The lowest BCUT2D eigenvalue weighted by Crippen LogP contribution is -2.33. The number of benzene rings is 1. The second-order valence-corrected chi connectivity index (χ2v) is 5.85. The van der Waals surface area contributed by atoms with Crippen molar-refractivity contribution in [2.24, 2.45) is 11.7 Å².